The molecule has 0 aliphatic rings. The van der Waals surface area contributed by atoms with Crippen LogP contribution in [0.5, 0.6) is 0 Å². The predicted molar refractivity (Wildman–Crippen MR) is 51.0 cm³/mol. The molecule has 62 valence electrons. The third-order valence-corrected chi connectivity index (χ3v) is 1.82. The third-order valence-electron chi connectivity index (χ3n) is 1.82. The lowest BCUT2D eigenvalue weighted by Gasteiger charge is -1.96. The van der Waals surface area contributed by atoms with E-state index in [9.17, 15) is 4.79 Å². The van der Waals surface area contributed by atoms with Gasteiger partial charge >= 0.3 is 0 Å². The van der Waals surface area contributed by atoms with Gasteiger partial charge in [0, 0.05) is 30.1 Å². The van der Waals surface area contributed by atoms with Gasteiger partial charge in [0.15, 0.2) is 6.29 Å². The Morgan fingerprint density at radius 1 is 1.42 bits per heavy atom. The summed E-state index contributed by atoms with van der Waals surface area (Å²) in [6.07, 6.45) is 5.97. The van der Waals surface area contributed by atoms with Gasteiger partial charge in [0.1, 0.15) is 0 Å². The van der Waals surface area contributed by atoms with Crippen molar-refractivity contribution in [1.29, 1.82) is 0 Å². The molecule has 0 aliphatic heterocycles. The standard InChI is InChI=1S/C10H11NO/c1-4-9-8(7-12)6-11(3)10(9)5-2/h4-7H,1-2H2,3H3. The average Bonchev–Trinajstić information content (AvgIpc) is 2.40. The topological polar surface area (TPSA) is 22.0 Å². The van der Waals surface area contributed by atoms with E-state index in [2.05, 4.69) is 13.2 Å². The summed E-state index contributed by atoms with van der Waals surface area (Å²) in [5, 5.41) is 0. The Morgan fingerprint density at radius 2 is 2.08 bits per heavy atom. The summed E-state index contributed by atoms with van der Waals surface area (Å²) < 4.78 is 1.85. The van der Waals surface area contributed by atoms with Gasteiger partial charge < -0.3 is 4.57 Å². The van der Waals surface area contributed by atoms with E-state index in [4.69, 9.17) is 0 Å². The maximum Gasteiger partial charge on any atom is 0.152 e. The zero-order valence-corrected chi connectivity index (χ0v) is 7.08. The van der Waals surface area contributed by atoms with Crippen molar-refractivity contribution in [3.05, 3.63) is 36.2 Å². The summed E-state index contributed by atoms with van der Waals surface area (Å²) in [6, 6.07) is 0. The number of carbonyl (C=O) groups is 1. The van der Waals surface area contributed by atoms with Crippen LogP contribution in [0.2, 0.25) is 0 Å². The van der Waals surface area contributed by atoms with Crippen LogP contribution in [0.3, 0.4) is 0 Å². The molecule has 0 unspecified atom stereocenters. The van der Waals surface area contributed by atoms with E-state index in [-0.39, 0.29) is 0 Å². The molecule has 1 aromatic heterocycles. The van der Waals surface area contributed by atoms with Gasteiger partial charge in [0.05, 0.1) is 0 Å². The van der Waals surface area contributed by atoms with E-state index in [0.29, 0.717) is 5.56 Å². The molecule has 1 rings (SSSR count). The van der Waals surface area contributed by atoms with Gasteiger partial charge in [-0.3, -0.25) is 4.79 Å². The lowest BCUT2D eigenvalue weighted by atomic mass is 10.1. The van der Waals surface area contributed by atoms with Gasteiger partial charge in [-0.15, -0.1) is 0 Å². The molecule has 0 aromatic carbocycles. The molecule has 0 saturated carbocycles. The lowest BCUT2D eigenvalue weighted by Crippen LogP contribution is -1.87. The molecular weight excluding hydrogens is 150 g/mol. The minimum atomic E-state index is 0.655. The Morgan fingerprint density at radius 3 is 2.50 bits per heavy atom. The van der Waals surface area contributed by atoms with Crippen molar-refractivity contribution >= 4 is 18.4 Å². The Balaban J connectivity index is 3.44. The number of nitrogens with zero attached hydrogens (tertiary/aromatic N) is 1. The first-order valence-corrected chi connectivity index (χ1v) is 3.64. The van der Waals surface area contributed by atoms with Crippen LogP contribution in [0.15, 0.2) is 19.4 Å². The van der Waals surface area contributed by atoms with Crippen molar-refractivity contribution in [3.8, 4) is 0 Å². The molecule has 0 fully saturated rings. The van der Waals surface area contributed by atoms with Crippen molar-refractivity contribution in [2.45, 2.75) is 0 Å². The average molecular weight is 161 g/mol. The van der Waals surface area contributed by atoms with E-state index >= 15 is 0 Å². The first-order chi connectivity index (χ1) is 5.74. The van der Waals surface area contributed by atoms with Gasteiger partial charge in [-0.25, -0.2) is 0 Å². The number of carbonyl (C=O) groups excluding carboxylic acids is 1. The normalized spacial score (nSPS) is 9.42. The van der Waals surface area contributed by atoms with Crippen LogP contribution in [0.1, 0.15) is 21.6 Å². The Labute approximate surface area is 71.8 Å². The third kappa shape index (κ3) is 1.11. The molecule has 1 aromatic rings. The molecular formula is C10H11NO. The SMILES string of the molecule is C=Cc1c(C=O)cn(C)c1C=C. The molecule has 0 radical (unpaired) electrons. The molecule has 0 aliphatic carbocycles. The maximum atomic E-state index is 10.6. The van der Waals surface area contributed by atoms with E-state index in [1.165, 1.54) is 0 Å². The number of aromatic nitrogens is 1. The minimum absolute atomic E-state index is 0.655. The molecule has 0 saturated heterocycles. The summed E-state index contributed by atoms with van der Waals surface area (Å²) in [7, 11) is 1.87. The predicted octanol–water partition coefficient (Wildman–Crippen LogP) is 2.12. The fraction of sp³-hybridized carbons (Fsp3) is 0.100. The van der Waals surface area contributed by atoms with Gasteiger partial charge in [0.25, 0.3) is 0 Å². The molecule has 2 nitrogen and oxygen atoms in total. The highest BCUT2D eigenvalue weighted by molar-refractivity contribution is 5.84. The fourth-order valence-electron chi connectivity index (χ4n) is 1.26. The molecule has 0 N–H and O–H groups in total. The number of hydrogen-bond acceptors (Lipinski definition) is 1. The van der Waals surface area contributed by atoms with Crippen LogP contribution < -0.4 is 0 Å². The smallest absolute Gasteiger partial charge is 0.152 e. The molecule has 0 bridgehead atoms. The number of aldehydes is 1. The van der Waals surface area contributed by atoms with Crippen LogP contribution in [0, 0.1) is 0 Å². The van der Waals surface area contributed by atoms with Gasteiger partial charge in [-0.05, 0) is 6.08 Å². The second kappa shape index (κ2) is 3.22. The number of aryl methyl sites for hydroxylation is 1. The second-order valence-electron chi connectivity index (χ2n) is 2.52. The van der Waals surface area contributed by atoms with Crippen molar-refractivity contribution in [1.82, 2.24) is 4.57 Å². The largest absolute Gasteiger partial charge is 0.350 e. The number of rotatable bonds is 3. The first kappa shape index (κ1) is 8.53. The Bertz CT molecular complexity index is 334. The minimum Gasteiger partial charge on any atom is -0.350 e. The lowest BCUT2D eigenvalue weighted by molar-refractivity contribution is 0.112. The first-order valence-electron chi connectivity index (χ1n) is 3.64. The summed E-state index contributed by atoms with van der Waals surface area (Å²) in [5.41, 5.74) is 2.43. The Kier molecular flexibility index (Phi) is 2.29. The van der Waals surface area contributed by atoms with Crippen molar-refractivity contribution in [2.24, 2.45) is 7.05 Å². The highest BCUT2D eigenvalue weighted by Gasteiger charge is 2.06. The molecule has 0 atom stereocenters. The highest BCUT2D eigenvalue weighted by atomic mass is 16.1. The summed E-state index contributed by atoms with van der Waals surface area (Å²) in [5.74, 6) is 0. The zero-order valence-electron chi connectivity index (χ0n) is 7.08. The summed E-state index contributed by atoms with van der Waals surface area (Å²) in [6.45, 7) is 7.30. The van der Waals surface area contributed by atoms with Gasteiger partial charge in [-0.2, -0.15) is 0 Å². The second-order valence-corrected chi connectivity index (χ2v) is 2.52. The molecule has 1 heterocycles. The van der Waals surface area contributed by atoms with Gasteiger partial charge in [0.2, 0.25) is 0 Å². The highest BCUT2D eigenvalue weighted by Crippen LogP contribution is 2.17. The van der Waals surface area contributed by atoms with Crippen LogP contribution in [-0.2, 0) is 7.05 Å². The monoisotopic (exact) mass is 161 g/mol. The quantitative estimate of drug-likeness (QED) is 0.622. The fourth-order valence-corrected chi connectivity index (χ4v) is 1.26. The molecule has 0 amide bonds. The van der Waals surface area contributed by atoms with Gasteiger partial charge in [-0.1, -0.05) is 19.2 Å². The maximum absolute atomic E-state index is 10.6. The zero-order chi connectivity index (χ0) is 9.14. The van der Waals surface area contributed by atoms with Crippen LogP contribution in [0.4, 0.5) is 0 Å². The van der Waals surface area contributed by atoms with E-state index in [1.54, 1.807) is 18.3 Å². The van der Waals surface area contributed by atoms with Crippen molar-refractivity contribution < 1.29 is 4.79 Å². The van der Waals surface area contributed by atoms with Crippen molar-refractivity contribution in [3.63, 3.8) is 0 Å². The van der Waals surface area contributed by atoms with E-state index in [1.807, 2.05) is 11.6 Å². The van der Waals surface area contributed by atoms with Crippen LogP contribution in [0.25, 0.3) is 12.2 Å². The molecule has 12 heavy (non-hydrogen) atoms. The number of hydrogen-bond donors (Lipinski definition) is 0. The van der Waals surface area contributed by atoms with E-state index in [0.717, 1.165) is 17.5 Å². The van der Waals surface area contributed by atoms with Crippen LogP contribution in [-0.4, -0.2) is 10.9 Å². The van der Waals surface area contributed by atoms with Crippen LogP contribution >= 0.6 is 0 Å². The Hall–Kier alpha value is -1.57. The summed E-state index contributed by atoms with van der Waals surface area (Å²) in [4.78, 5) is 10.6. The van der Waals surface area contributed by atoms with Crippen molar-refractivity contribution in [2.75, 3.05) is 0 Å². The summed E-state index contributed by atoms with van der Waals surface area (Å²) >= 11 is 0. The van der Waals surface area contributed by atoms with E-state index < -0.39 is 0 Å². The molecule has 2 heteroatoms. The molecule has 0 spiro atoms.